The normalized spacial score (nSPS) is 32.5. The van der Waals surface area contributed by atoms with Crippen LogP contribution in [0.1, 0.15) is 0 Å². The zero-order valence-corrected chi connectivity index (χ0v) is 6.73. The Morgan fingerprint density at radius 1 is 1.70 bits per heavy atom. The molecule has 1 rings (SSSR count). The Bertz CT molecular complexity index is 118. The van der Waals surface area contributed by atoms with E-state index in [2.05, 4.69) is 11.9 Å². The summed E-state index contributed by atoms with van der Waals surface area (Å²) in [5, 5.41) is 12.8. The Labute approximate surface area is 65.7 Å². The van der Waals surface area contributed by atoms with Crippen LogP contribution in [-0.2, 0) is 0 Å². The van der Waals surface area contributed by atoms with Crippen LogP contribution in [-0.4, -0.2) is 35.3 Å². The molecule has 0 amide bonds. The van der Waals surface area contributed by atoms with Crippen molar-refractivity contribution in [3.63, 3.8) is 0 Å². The minimum Gasteiger partial charge on any atom is -0.391 e. The first kappa shape index (κ1) is 8.11. The highest BCUT2D eigenvalue weighted by Crippen LogP contribution is 2.17. The molecule has 1 aliphatic heterocycles. The fraction of sp³-hybridized carbons (Fsp3) is 0.714. The maximum atomic E-state index is 9.30. The maximum Gasteiger partial charge on any atom is 0.0795 e. The van der Waals surface area contributed by atoms with Gasteiger partial charge >= 0.3 is 0 Å². The van der Waals surface area contributed by atoms with Gasteiger partial charge in [0, 0.05) is 24.1 Å². The van der Waals surface area contributed by atoms with E-state index in [4.69, 9.17) is 0 Å². The maximum absolute atomic E-state index is 9.30. The Balaban J connectivity index is 2.19. The van der Waals surface area contributed by atoms with Crippen LogP contribution in [0.3, 0.4) is 0 Å². The van der Waals surface area contributed by atoms with Gasteiger partial charge in [-0.1, -0.05) is 6.08 Å². The molecule has 0 saturated carbocycles. The van der Waals surface area contributed by atoms with Crippen molar-refractivity contribution >= 4 is 11.8 Å². The van der Waals surface area contributed by atoms with E-state index < -0.39 is 0 Å². The Morgan fingerprint density at radius 3 is 3.00 bits per heavy atom. The number of aliphatic hydroxyl groups excluding tert-OH is 1. The lowest BCUT2D eigenvalue weighted by Crippen LogP contribution is -2.20. The van der Waals surface area contributed by atoms with E-state index >= 15 is 0 Å². The van der Waals surface area contributed by atoms with Gasteiger partial charge in [-0.3, -0.25) is 0 Å². The highest BCUT2D eigenvalue weighted by Gasteiger charge is 2.24. The molecule has 1 fully saturated rings. The van der Waals surface area contributed by atoms with Gasteiger partial charge in [0.25, 0.3) is 0 Å². The van der Waals surface area contributed by atoms with Gasteiger partial charge in [0.15, 0.2) is 0 Å². The molecule has 0 aromatic heterocycles. The second-order valence-electron chi connectivity index (χ2n) is 2.39. The van der Waals surface area contributed by atoms with E-state index in [1.165, 1.54) is 0 Å². The van der Waals surface area contributed by atoms with E-state index in [9.17, 15) is 5.11 Å². The Kier molecular flexibility index (Phi) is 3.25. The average Bonchev–Trinajstić information content (AvgIpc) is 2.31. The number of hydrogen-bond donors (Lipinski definition) is 2. The number of rotatable bonds is 3. The van der Waals surface area contributed by atoms with Gasteiger partial charge < -0.3 is 10.4 Å². The molecule has 2 N–H and O–H groups in total. The van der Waals surface area contributed by atoms with Crippen LogP contribution >= 0.6 is 11.8 Å². The van der Waals surface area contributed by atoms with Gasteiger partial charge in [0.05, 0.1) is 6.10 Å². The summed E-state index contributed by atoms with van der Waals surface area (Å²) in [5.41, 5.74) is 0. The van der Waals surface area contributed by atoms with Crippen molar-refractivity contribution in [2.45, 2.75) is 11.4 Å². The predicted molar refractivity (Wildman–Crippen MR) is 45.3 cm³/mol. The monoisotopic (exact) mass is 159 g/mol. The molecule has 0 radical (unpaired) electrons. The third-order valence-corrected chi connectivity index (χ3v) is 2.89. The summed E-state index contributed by atoms with van der Waals surface area (Å²) in [6.45, 7) is 5.30. The van der Waals surface area contributed by atoms with Crippen molar-refractivity contribution in [3.05, 3.63) is 12.7 Å². The summed E-state index contributed by atoms with van der Waals surface area (Å²) in [6.07, 6.45) is 1.71. The molecule has 58 valence electrons. The summed E-state index contributed by atoms with van der Waals surface area (Å²) in [4.78, 5) is 0. The fourth-order valence-corrected chi connectivity index (χ4v) is 1.94. The molecule has 3 heteroatoms. The minimum atomic E-state index is -0.162. The zero-order valence-electron chi connectivity index (χ0n) is 5.92. The van der Waals surface area contributed by atoms with Crippen LogP contribution in [0.5, 0.6) is 0 Å². The summed E-state index contributed by atoms with van der Waals surface area (Å²) >= 11 is 1.76. The summed E-state index contributed by atoms with van der Waals surface area (Å²) in [6, 6.07) is 0. The molecule has 2 atom stereocenters. The molecule has 10 heavy (non-hydrogen) atoms. The van der Waals surface area contributed by atoms with Crippen molar-refractivity contribution in [1.82, 2.24) is 5.32 Å². The van der Waals surface area contributed by atoms with Gasteiger partial charge in [0.2, 0.25) is 0 Å². The molecule has 1 aliphatic rings. The van der Waals surface area contributed by atoms with E-state index in [0.717, 1.165) is 18.8 Å². The summed E-state index contributed by atoms with van der Waals surface area (Å²) in [7, 11) is 0. The molecule has 2 nitrogen and oxygen atoms in total. The lowest BCUT2D eigenvalue weighted by Gasteiger charge is -2.10. The largest absolute Gasteiger partial charge is 0.391 e. The van der Waals surface area contributed by atoms with Gasteiger partial charge in [-0.25, -0.2) is 0 Å². The van der Waals surface area contributed by atoms with E-state index in [1.54, 1.807) is 11.8 Å². The van der Waals surface area contributed by atoms with Gasteiger partial charge in [-0.05, 0) is 0 Å². The van der Waals surface area contributed by atoms with Crippen molar-refractivity contribution < 1.29 is 5.11 Å². The second kappa shape index (κ2) is 4.01. The standard InChI is InChI=1S/C7H13NOS/c1-2-3-10-7-5-8-4-6(7)9/h2,6-9H,1,3-5H2. The third-order valence-electron chi connectivity index (χ3n) is 1.56. The Morgan fingerprint density at radius 2 is 2.50 bits per heavy atom. The summed E-state index contributed by atoms with van der Waals surface area (Å²) in [5.74, 6) is 0.934. The first-order chi connectivity index (χ1) is 4.84. The van der Waals surface area contributed by atoms with Gasteiger partial charge in [-0.2, -0.15) is 11.8 Å². The van der Waals surface area contributed by atoms with Crippen molar-refractivity contribution in [3.8, 4) is 0 Å². The topological polar surface area (TPSA) is 32.3 Å². The summed E-state index contributed by atoms with van der Waals surface area (Å²) < 4.78 is 0. The number of β-amino-alcohol motifs (C(OH)–C–C–N with tert-alkyl or cyclic N) is 1. The van der Waals surface area contributed by atoms with E-state index in [-0.39, 0.29) is 6.10 Å². The van der Waals surface area contributed by atoms with Gasteiger partial charge in [-0.15, -0.1) is 6.58 Å². The molecule has 0 spiro atoms. The predicted octanol–water partition coefficient (Wildman–Crippen LogP) is 0.238. The number of nitrogens with one attached hydrogen (secondary N) is 1. The van der Waals surface area contributed by atoms with Crippen molar-refractivity contribution in [2.75, 3.05) is 18.8 Å². The lowest BCUT2D eigenvalue weighted by atomic mass is 10.3. The molecule has 0 aliphatic carbocycles. The Hall–Kier alpha value is 0.01000. The SMILES string of the molecule is C=CCSC1CNCC1O. The number of aliphatic hydroxyl groups is 1. The fourth-order valence-electron chi connectivity index (χ4n) is 1.00. The van der Waals surface area contributed by atoms with Crippen LogP contribution in [0.15, 0.2) is 12.7 Å². The smallest absolute Gasteiger partial charge is 0.0795 e. The molecule has 1 heterocycles. The molecule has 2 unspecified atom stereocenters. The molecule has 1 saturated heterocycles. The zero-order chi connectivity index (χ0) is 7.40. The van der Waals surface area contributed by atoms with Crippen molar-refractivity contribution in [2.24, 2.45) is 0 Å². The van der Waals surface area contributed by atoms with Crippen LogP contribution in [0.25, 0.3) is 0 Å². The first-order valence-electron chi connectivity index (χ1n) is 3.46. The first-order valence-corrected chi connectivity index (χ1v) is 4.50. The van der Waals surface area contributed by atoms with Crippen LogP contribution in [0.4, 0.5) is 0 Å². The minimum absolute atomic E-state index is 0.162. The molecular formula is C7H13NOS. The van der Waals surface area contributed by atoms with Crippen LogP contribution < -0.4 is 5.32 Å². The van der Waals surface area contributed by atoms with E-state index in [0.29, 0.717) is 5.25 Å². The molecule has 0 bridgehead atoms. The lowest BCUT2D eigenvalue weighted by molar-refractivity contribution is 0.201. The van der Waals surface area contributed by atoms with Crippen LogP contribution in [0.2, 0.25) is 0 Å². The van der Waals surface area contributed by atoms with Crippen molar-refractivity contribution in [1.29, 1.82) is 0 Å². The number of hydrogen-bond acceptors (Lipinski definition) is 3. The van der Waals surface area contributed by atoms with Gasteiger partial charge in [0.1, 0.15) is 0 Å². The molecular weight excluding hydrogens is 146 g/mol. The highest BCUT2D eigenvalue weighted by molar-refractivity contribution is 8.00. The number of thioether (sulfide) groups is 1. The second-order valence-corrected chi connectivity index (χ2v) is 3.66. The average molecular weight is 159 g/mol. The molecule has 0 aromatic rings. The third kappa shape index (κ3) is 2.01. The highest BCUT2D eigenvalue weighted by atomic mass is 32.2. The van der Waals surface area contributed by atoms with Crippen LogP contribution in [0, 0.1) is 0 Å². The quantitative estimate of drug-likeness (QED) is 0.579. The molecule has 0 aromatic carbocycles. The van der Waals surface area contributed by atoms with E-state index in [1.807, 2.05) is 6.08 Å².